The number of carbonyl (C=O) groups excluding carboxylic acids is 4. The third-order valence-corrected chi connectivity index (χ3v) is 5.00. The topological polar surface area (TPSA) is 84.0 Å². The second-order valence-electron chi connectivity index (χ2n) is 6.83. The van der Waals surface area contributed by atoms with Crippen molar-refractivity contribution < 1.29 is 23.9 Å². The highest BCUT2D eigenvalue weighted by atomic mass is 16.5. The molecule has 0 saturated carbocycles. The van der Waals surface area contributed by atoms with E-state index < -0.39 is 24.3 Å². The predicted molar refractivity (Wildman–Crippen MR) is 92.4 cm³/mol. The zero-order chi connectivity index (χ0) is 18.8. The van der Waals surface area contributed by atoms with Crippen LogP contribution < -0.4 is 0 Å². The van der Waals surface area contributed by atoms with Crippen LogP contribution in [0.25, 0.3) is 0 Å². The Kier molecular flexibility index (Phi) is 5.06. The van der Waals surface area contributed by atoms with E-state index in [2.05, 4.69) is 0 Å². The Morgan fingerprint density at radius 1 is 1.04 bits per heavy atom. The molecule has 0 bridgehead atoms. The first-order valence-corrected chi connectivity index (χ1v) is 8.82. The number of amides is 3. The van der Waals surface area contributed by atoms with Crippen molar-refractivity contribution in [2.45, 2.75) is 45.2 Å². The van der Waals surface area contributed by atoms with Crippen LogP contribution >= 0.6 is 0 Å². The van der Waals surface area contributed by atoms with E-state index in [1.165, 1.54) is 0 Å². The van der Waals surface area contributed by atoms with Gasteiger partial charge in [-0.15, -0.1) is 0 Å². The molecule has 2 atom stereocenters. The van der Waals surface area contributed by atoms with Crippen LogP contribution in [-0.2, 0) is 14.3 Å². The van der Waals surface area contributed by atoms with Gasteiger partial charge in [-0.25, -0.2) is 0 Å². The predicted octanol–water partition coefficient (Wildman–Crippen LogP) is 1.62. The molecule has 7 heteroatoms. The molecule has 1 saturated heterocycles. The Balaban J connectivity index is 1.56. The second-order valence-corrected chi connectivity index (χ2v) is 6.83. The van der Waals surface area contributed by atoms with Gasteiger partial charge < -0.3 is 9.64 Å². The normalized spacial score (nSPS) is 22.4. The molecule has 3 amide bonds. The number of ether oxygens (including phenoxy) is 1. The first kappa shape index (κ1) is 18.1. The molecule has 0 aliphatic carbocycles. The molecule has 1 aromatic rings. The molecule has 138 valence electrons. The summed E-state index contributed by atoms with van der Waals surface area (Å²) in [7, 11) is 0. The largest absolute Gasteiger partial charge is 0.454 e. The van der Waals surface area contributed by atoms with Crippen LogP contribution in [0.3, 0.4) is 0 Å². The third kappa shape index (κ3) is 3.34. The summed E-state index contributed by atoms with van der Waals surface area (Å²) in [5, 5.41) is 0. The third-order valence-electron chi connectivity index (χ3n) is 5.00. The van der Waals surface area contributed by atoms with Gasteiger partial charge in [0.25, 0.3) is 17.7 Å². The Labute approximate surface area is 151 Å². The molecule has 0 radical (unpaired) electrons. The molecule has 0 aromatic heterocycles. The van der Waals surface area contributed by atoms with E-state index in [9.17, 15) is 19.2 Å². The van der Waals surface area contributed by atoms with Crippen LogP contribution in [0.4, 0.5) is 0 Å². The summed E-state index contributed by atoms with van der Waals surface area (Å²) < 4.78 is 5.03. The first-order chi connectivity index (χ1) is 12.4. The van der Waals surface area contributed by atoms with E-state index in [0.29, 0.717) is 0 Å². The average molecular weight is 358 g/mol. The lowest BCUT2D eigenvalue weighted by atomic mass is 9.97. The molecular formula is C19H22N2O5. The van der Waals surface area contributed by atoms with Crippen molar-refractivity contribution in [3.05, 3.63) is 35.4 Å². The number of hydrogen-bond donors (Lipinski definition) is 0. The van der Waals surface area contributed by atoms with Gasteiger partial charge in [-0.3, -0.25) is 24.1 Å². The van der Waals surface area contributed by atoms with Crippen molar-refractivity contribution in [2.75, 3.05) is 13.2 Å². The van der Waals surface area contributed by atoms with Gasteiger partial charge in [-0.2, -0.15) is 0 Å². The lowest BCUT2D eigenvalue weighted by Gasteiger charge is -2.38. The van der Waals surface area contributed by atoms with Crippen LogP contribution in [-0.4, -0.2) is 58.7 Å². The molecule has 3 rings (SSSR count). The molecule has 0 spiro atoms. The second kappa shape index (κ2) is 7.27. The highest BCUT2D eigenvalue weighted by molar-refractivity contribution is 6.22. The fourth-order valence-corrected chi connectivity index (χ4v) is 3.69. The first-order valence-electron chi connectivity index (χ1n) is 8.82. The number of fused-ring (bicyclic) bond motifs is 1. The lowest BCUT2D eigenvalue weighted by molar-refractivity contribution is -0.154. The summed E-state index contributed by atoms with van der Waals surface area (Å²) in [4.78, 5) is 51.5. The van der Waals surface area contributed by atoms with E-state index in [1.807, 2.05) is 13.8 Å². The van der Waals surface area contributed by atoms with Crippen molar-refractivity contribution >= 4 is 23.7 Å². The number of imide groups is 1. The van der Waals surface area contributed by atoms with Gasteiger partial charge in [0.1, 0.15) is 6.54 Å². The molecule has 2 aliphatic rings. The van der Waals surface area contributed by atoms with Gasteiger partial charge in [0, 0.05) is 12.1 Å². The number of piperidine rings is 1. The van der Waals surface area contributed by atoms with Crippen molar-refractivity contribution in [2.24, 2.45) is 0 Å². The minimum absolute atomic E-state index is 0.112. The Morgan fingerprint density at radius 2 is 1.58 bits per heavy atom. The molecule has 0 N–H and O–H groups in total. The summed E-state index contributed by atoms with van der Waals surface area (Å²) >= 11 is 0. The molecule has 26 heavy (non-hydrogen) atoms. The summed E-state index contributed by atoms with van der Waals surface area (Å²) in [5.41, 5.74) is 0.551. The maximum absolute atomic E-state index is 12.4. The fourth-order valence-electron chi connectivity index (χ4n) is 3.69. The van der Waals surface area contributed by atoms with E-state index in [-0.39, 0.29) is 35.7 Å². The SMILES string of the molecule is C[C@@H]1CCC[C@H](C)N1C(=O)COC(=O)CN1C(=O)c2ccccc2C1=O. The number of esters is 1. The molecule has 1 fully saturated rings. The van der Waals surface area contributed by atoms with Crippen molar-refractivity contribution in [3.8, 4) is 0 Å². The summed E-state index contributed by atoms with van der Waals surface area (Å²) in [6.07, 6.45) is 2.93. The van der Waals surface area contributed by atoms with Gasteiger partial charge in [0.2, 0.25) is 0 Å². The minimum atomic E-state index is -0.773. The van der Waals surface area contributed by atoms with Crippen molar-refractivity contribution in [1.82, 2.24) is 9.80 Å². The number of nitrogens with zero attached hydrogens (tertiary/aromatic N) is 2. The summed E-state index contributed by atoms with van der Waals surface area (Å²) in [6, 6.07) is 6.63. The lowest BCUT2D eigenvalue weighted by Crippen LogP contribution is -2.49. The Morgan fingerprint density at radius 3 is 2.12 bits per heavy atom. The molecule has 7 nitrogen and oxygen atoms in total. The van der Waals surface area contributed by atoms with Crippen LogP contribution in [0.1, 0.15) is 53.8 Å². The molecule has 0 unspecified atom stereocenters. The standard InChI is InChI=1S/C19H22N2O5/c1-12-6-5-7-13(2)21(12)16(22)11-26-17(23)10-20-18(24)14-8-3-4-9-15(14)19(20)25/h3-4,8-9,12-13H,5-7,10-11H2,1-2H3/t12-,13+. The van der Waals surface area contributed by atoms with Gasteiger partial charge in [-0.1, -0.05) is 12.1 Å². The summed E-state index contributed by atoms with van der Waals surface area (Å²) in [6.45, 7) is 3.09. The summed E-state index contributed by atoms with van der Waals surface area (Å²) in [5.74, 6) is -2.06. The molecular weight excluding hydrogens is 336 g/mol. The number of likely N-dealkylation sites (tertiary alicyclic amines) is 1. The van der Waals surface area contributed by atoms with Gasteiger partial charge in [0.05, 0.1) is 11.1 Å². The number of rotatable bonds is 4. The van der Waals surface area contributed by atoms with Crippen LogP contribution in [0.2, 0.25) is 0 Å². The maximum atomic E-state index is 12.4. The van der Waals surface area contributed by atoms with Crippen LogP contribution in [0, 0.1) is 0 Å². The fraction of sp³-hybridized carbons (Fsp3) is 0.474. The molecule has 2 aliphatic heterocycles. The number of hydrogen-bond acceptors (Lipinski definition) is 5. The van der Waals surface area contributed by atoms with E-state index >= 15 is 0 Å². The zero-order valence-corrected chi connectivity index (χ0v) is 14.9. The zero-order valence-electron chi connectivity index (χ0n) is 14.9. The Hall–Kier alpha value is -2.70. The monoisotopic (exact) mass is 358 g/mol. The number of benzene rings is 1. The van der Waals surface area contributed by atoms with Crippen molar-refractivity contribution in [1.29, 1.82) is 0 Å². The van der Waals surface area contributed by atoms with Crippen LogP contribution in [0.15, 0.2) is 24.3 Å². The van der Waals surface area contributed by atoms with E-state index in [1.54, 1.807) is 29.2 Å². The highest BCUT2D eigenvalue weighted by Crippen LogP contribution is 2.23. The smallest absolute Gasteiger partial charge is 0.326 e. The highest BCUT2D eigenvalue weighted by Gasteiger charge is 2.37. The Bertz CT molecular complexity index is 715. The van der Waals surface area contributed by atoms with Crippen LogP contribution in [0.5, 0.6) is 0 Å². The number of carbonyl (C=O) groups is 4. The quantitative estimate of drug-likeness (QED) is 0.603. The van der Waals surface area contributed by atoms with E-state index in [0.717, 1.165) is 24.2 Å². The van der Waals surface area contributed by atoms with Crippen molar-refractivity contribution in [3.63, 3.8) is 0 Å². The minimum Gasteiger partial charge on any atom is -0.454 e. The van der Waals surface area contributed by atoms with Gasteiger partial charge in [0.15, 0.2) is 6.61 Å². The van der Waals surface area contributed by atoms with E-state index in [4.69, 9.17) is 4.74 Å². The van der Waals surface area contributed by atoms with Gasteiger partial charge >= 0.3 is 5.97 Å². The maximum Gasteiger partial charge on any atom is 0.326 e. The molecule has 2 heterocycles. The molecule has 1 aromatic carbocycles. The average Bonchev–Trinajstić information content (AvgIpc) is 2.85. The van der Waals surface area contributed by atoms with Gasteiger partial charge in [-0.05, 0) is 45.2 Å².